The lowest BCUT2D eigenvalue weighted by Gasteiger charge is -2.12. The first kappa shape index (κ1) is 16.9. The summed E-state index contributed by atoms with van der Waals surface area (Å²) in [5, 5.41) is 4.45. The molecule has 0 rings (SSSR count). The highest BCUT2D eigenvalue weighted by molar-refractivity contribution is 7.51. The lowest BCUT2D eigenvalue weighted by molar-refractivity contribution is -0.122. The van der Waals surface area contributed by atoms with Crippen molar-refractivity contribution >= 4 is 19.5 Å². The molecule has 0 aromatic carbocycles. The van der Waals surface area contributed by atoms with Gasteiger partial charge in [-0.3, -0.25) is 9.36 Å². The second kappa shape index (κ2) is 8.04. The number of carbonyl (C=O) groups excluding carboxylic acids is 2. The number of primary amides is 1. The van der Waals surface area contributed by atoms with Crippen LogP contribution in [0.4, 0.5) is 4.79 Å². The zero-order valence-corrected chi connectivity index (χ0v) is 10.7. The summed E-state index contributed by atoms with van der Waals surface area (Å²) in [5.74, 6) is -0.610. The van der Waals surface area contributed by atoms with E-state index in [1.807, 2.05) is 0 Å². The van der Waals surface area contributed by atoms with Gasteiger partial charge in [-0.05, 0) is 19.3 Å². The van der Waals surface area contributed by atoms with Crippen molar-refractivity contribution in [1.29, 1.82) is 0 Å². The van der Waals surface area contributed by atoms with Crippen molar-refractivity contribution < 1.29 is 23.9 Å². The van der Waals surface area contributed by atoms with Crippen LogP contribution in [0.3, 0.4) is 0 Å². The van der Waals surface area contributed by atoms with E-state index in [0.29, 0.717) is 25.8 Å². The second-order valence-electron chi connectivity index (χ2n) is 3.76. The van der Waals surface area contributed by atoms with E-state index < -0.39 is 31.9 Å². The maximum Gasteiger partial charge on any atom is 0.344 e. The SMILES string of the molecule is NC(=O)NCCCC[C@H](N)C(=O)NCP(=O)(O)O. The zero-order valence-electron chi connectivity index (χ0n) is 9.83. The Bertz CT molecular complexity index is 331. The van der Waals surface area contributed by atoms with E-state index in [1.54, 1.807) is 0 Å². The van der Waals surface area contributed by atoms with Crippen LogP contribution >= 0.6 is 7.60 Å². The Labute approximate surface area is 104 Å². The number of amides is 3. The van der Waals surface area contributed by atoms with Gasteiger partial charge in [0.25, 0.3) is 0 Å². The molecule has 0 radical (unpaired) electrons. The quantitative estimate of drug-likeness (QED) is 0.231. The molecule has 106 valence electrons. The summed E-state index contributed by atoms with van der Waals surface area (Å²) in [4.78, 5) is 38.7. The van der Waals surface area contributed by atoms with Crippen molar-refractivity contribution in [2.75, 3.05) is 12.8 Å². The standard InChI is InChI=1S/C8H19N4O5P/c9-6(3-1-2-4-11-8(10)14)7(13)12-5-18(15,16)17/h6H,1-5,9H2,(H,12,13)(H3,10,11,14)(H2,15,16,17)/t6-/m0/s1. The van der Waals surface area contributed by atoms with E-state index in [2.05, 4.69) is 10.6 Å². The van der Waals surface area contributed by atoms with E-state index in [4.69, 9.17) is 21.3 Å². The topological polar surface area (TPSA) is 168 Å². The summed E-state index contributed by atoms with van der Waals surface area (Å²) in [6.45, 7) is 0.395. The molecule has 9 nitrogen and oxygen atoms in total. The molecular weight excluding hydrogens is 263 g/mol. The molecule has 0 saturated carbocycles. The van der Waals surface area contributed by atoms with Gasteiger partial charge in [0, 0.05) is 6.54 Å². The van der Waals surface area contributed by atoms with Crippen LogP contribution in [0.1, 0.15) is 19.3 Å². The number of carbonyl (C=O) groups is 2. The molecular formula is C8H19N4O5P. The van der Waals surface area contributed by atoms with Crippen LogP contribution in [0, 0.1) is 0 Å². The largest absolute Gasteiger partial charge is 0.352 e. The maximum absolute atomic E-state index is 11.3. The first-order chi connectivity index (χ1) is 8.22. The first-order valence-electron chi connectivity index (χ1n) is 5.33. The predicted molar refractivity (Wildman–Crippen MR) is 64.5 cm³/mol. The second-order valence-corrected chi connectivity index (χ2v) is 5.40. The molecule has 0 aliphatic carbocycles. The van der Waals surface area contributed by atoms with E-state index in [9.17, 15) is 14.2 Å². The van der Waals surface area contributed by atoms with Crippen molar-refractivity contribution in [2.24, 2.45) is 11.5 Å². The van der Waals surface area contributed by atoms with Gasteiger partial charge in [-0.1, -0.05) is 0 Å². The molecule has 0 saturated heterocycles. The molecule has 0 spiro atoms. The fourth-order valence-electron chi connectivity index (χ4n) is 1.14. The predicted octanol–water partition coefficient (Wildman–Crippen LogP) is -1.60. The first-order valence-corrected chi connectivity index (χ1v) is 7.13. The van der Waals surface area contributed by atoms with Crippen LogP contribution in [0.15, 0.2) is 0 Å². The van der Waals surface area contributed by atoms with E-state index in [0.717, 1.165) is 0 Å². The minimum absolute atomic E-state index is 0.355. The van der Waals surface area contributed by atoms with Crippen LogP contribution in [-0.4, -0.2) is 40.6 Å². The van der Waals surface area contributed by atoms with Gasteiger partial charge in [-0.2, -0.15) is 0 Å². The molecule has 0 fully saturated rings. The molecule has 10 heteroatoms. The van der Waals surface area contributed by atoms with Gasteiger partial charge < -0.3 is 31.9 Å². The number of nitrogens with one attached hydrogen (secondary N) is 2. The Hall–Kier alpha value is -1.15. The lowest BCUT2D eigenvalue weighted by atomic mass is 10.1. The van der Waals surface area contributed by atoms with Crippen molar-refractivity contribution in [1.82, 2.24) is 10.6 Å². The Morgan fingerprint density at radius 1 is 1.22 bits per heavy atom. The molecule has 0 aromatic rings. The molecule has 0 aliphatic rings. The summed E-state index contributed by atoms with van der Waals surface area (Å²) >= 11 is 0. The lowest BCUT2D eigenvalue weighted by Crippen LogP contribution is -2.41. The van der Waals surface area contributed by atoms with Crippen LogP contribution in [0.2, 0.25) is 0 Å². The van der Waals surface area contributed by atoms with Crippen molar-refractivity contribution in [3.05, 3.63) is 0 Å². The molecule has 0 aromatic heterocycles. The van der Waals surface area contributed by atoms with E-state index in [1.165, 1.54) is 0 Å². The van der Waals surface area contributed by atoms with Crippen LogP contribution in [0.25, 0.3) is 0 Å². The van der Waals surface area contributed by atoms with Crippen molar-refractivity contribution in [2.45, 2.75) is 25.3 Å². The summed E-state index contributed by atoms with van der Waals surface area (Å²) in [5.41, 5.74) is 10.4. The Kier molecular flexibility index (Phi) is 7.53. The molecule has 0 aliphatic heterocycles. The number of hydrogen-bond acceptors (Lipinski definition) is 4. The Morgan fingerprint density at radius 2 is 1.83 bits per heavy atom. The minimum atomic E-state index is -4.26. The number of nitrogens with two attached hydrogens (primary N) is 2. The van der Waals surface area contributed by atoms with Gasteiger partial charge in [0.15, 0.2) is 0 Å². The summed E-state index contributed by atoms with van der Waals surface area (Å²) < 4.78 is 10.5. The molecule has 8 N–H and O–H groups in total. The molecule has 3 amide bonds. The number of rotatable bonds is 8. The molecule has 1 atom stereocenters. The van der Waals surface area contributed by atoms with Gasteiger partial charge >= 0.3 is 13.6 Å². The minimum Gasteiger partial charge on any atom is -0.352 e. The molecule has 0 bridgehead atoms. The zero-order chi connectivity index (χ0) is 14.2. The van der Waals surface area contributed by atoms with Gasteiger partial charge in [0.05, 0.1) is 6.04 Å². The van der Waals surface area contributed by atoms with Crippen molar-refractivity contribution in [3.63, 3.8) is 0 Å². The third-order valence-corrected chi connectivity index (χ3v) is 2.61. The highest BCUT2D eigenvalue weighted by Crippen LogP contribution is 2.31. The monoisotopic (exact) mass is 282 g/mol. The van der Waals surface area contributed by atoms with Gasteiger partial charge in [-0.15, -0.1) is 0 Å². The normalized spacial score (nSPS) is 12.8. The van der Waals surface area contributed by atoms with Crippen LogP contribution in [0.5, 0.6) is 0 Å². The highest BCUT2D eigenvalue weighted by Gasteiger charge is 2.18. The number of urea groups is 1. The third-order valence-electron chi connectivity index (χ3n) is 2.04. The highest BCUT2D eigenvalue weighted by atomic mass is 31.2. The average molecular weight is 282 g/mol. The summed E-state index contributed by atoms with van der Waals surface area (Å²) in [7, 11) is -4.26. The third kappa shape index (κ3) is 10.0. The molecule has 0 unspecified atom stereocenters. The van der Waals surface area contributed by atoms with E-state index in [-0.39, 0.29) is 0 Å². The summed E-state index contributed by atoms with van der Waals surface area (Å²) in [6, 6.07) is -1.44. The van der Waals surface area contributed by atoms with Crippen molar-refractivity contribution in [3.8, 4) is 0 Å². The maximum atomic E-state index is 11.3. The van der Waals surface area contributed by atoms with Crippen LogP contribution in [-0.2, 0) is 9.36 Å². The van der Waals surface area contributed by atoms with Crippen LogP contribution < -0.4 is 22.1 Å². The Morgan fingerprint density at radius 3 is 2.33 bits per heavy atom. The fraction of sp³-hybridized carbons (Fsp3) is 0.750. The number of hydrogen-bond donors (Lipinski definition) is 6. The van der Waals surface area contributed by atoms with Gasteiger partial charge in [0.1, 0.15) is 6.29 Å². The average Bonchev–Trinajstić information content (AvgIpc) is 2.23. The molecule has 0 heterocycles. The van der Waals surface area contributed by atoms with Gasteiger partial charge in [0.2, 0.25) is 5.91 Å². The fourth-order valence-corrected chi connectivity index (χ4v) is 1.51. The molecule has 18 heavy (non-hydrogen) atoms. The van der Waals surface area contributed by atoms with Gasteiger partial charge in [-0.25, -0.2) is 4.79 Å². The number of unbranched alkanes of at least 4 members (excludes halogenated alkanes) is 1. The Balaban J connectivity index is 3.68. The van der Waals surface area contributed by atoms with E-state index >= 15 is 0 Å². The summed E-state index contributed by atoms with van der Waals surface area (Å²) in [6.07, 6.45) is 0.837. The smallest absolute Gasteiger partial charge is 0.344 e.